The number of hydrogen-bond donors (Lipinski definition) is 1. The molecule has 27 heavy (non-hydrogen) atoms. The summed E-state index contributed by atoms with van der Waals surface area (Å²) in [7, 11) is 0. The van der Waals surface area contributed by atoms with E-state index in [0.717, 1.165) is 26.3 Å². The molecule has 3 rings (SSSR count). The molecular formula is C18H24F3NO4S. The van der Waals surface area contributed by atoms with E-state index in [2.05, 4.69) is 29.0 Å². The average molecular weight is 407 g/mol. The molecule has 1 saturated carbocycles. The van der Waals surface area contributed by atoms with Crippen molar-refractivity contribution in [2.45, 2.75) is 37.7 Å². The molecule has 3 atom stereocenters. The van der Waals surface area contributed by atoms with Crippen molar-refractivity contribution < 1.29 is 32.5 Å². The number of rotatable bonds is 6. The molecule has 2 fully saturated rings. The van der Waals surface area contributed by atoms with Gasteiger partial charge in [-0.15, -0.1) is 17.9 Å². The lowest BCUT2D eigenvalue weighted by atomic mass is 10.0. The fourth-order valence-electron chi connectivity index (χ4n) is 3.42. The topological polar surface area (TPSA) is 59.0 Å². The molecule has 2 heterocycles. The van der Waals surface area contributed by atoms with Crippen LogP contribution in [0.5, 0.6) is 0 Å². The van der Waals surface area contributed by atoms with E-state index >= 15 is 0 Å². The number of thiophene rings is 1. The first-order valence-corrected chi connectivity index (χ1v) is 9.57. The van der Waals surface area contributed by atoms with Gasteiger partial charge in [0.15, 0.2) is 0 Å². The van der Waals surface area contributed by atoms with Crippen molar-refractivity contribution in [3.05, 3.63) is 35.0 Å². The number of carbonyl (C=O) groups is 1. The second kappa shape index (κ2) is 10.2. The number of carboxylic acid groups (broad SMARTS) is 1. The molecule has 1 saturated heterocycles. The van der Waals surface area contributed by atoms with Gasteiger partial charge in [-0.2, -0.15) is 13.2 Å². The van der Waals surface area contributed by atoms with E-state index in [0.29, 0.717) is 24.7 Å². The van der Waals surface area contributed by atoms with Crippen molar-refractivity contribution in [2.24, 2.45) is 5.92 Å². The van der Waals surface area contributed by atoms with Crippen molar-refractivity contribution in [2.75, 3.05) is 26.4 Å². The number of fused-ring (bicyclic) bond motifs is 1. The summed E-state index contributed by atoms with van der Waals surface area (Å²) in [5.41, 5.74) is 0. The minimum absolute atomic E-state index is 0.355. The number of hydrogen-bond acceptors (Lipinski definition) is 5. The van der Waals surface area contributed by atoms with Gasteiger partial charge in [0.25, 0.3) is 0 Å². The molecule has 1 N–H and O–H groups in total. The molecule has 9 heteroatoms. The van der Waals surface area contributed by atoms with E-state index in [9.17, 15) is 13.2 Å². The molecule has 1 aromatic heterocycles. The van der Waals surface area contributed by atoms with Gasteiger partial charge in [-0.3, -0.25) is 4.90 Å². The number of carboxylic acids is 1. The van der Waals surface area contributed by atoms with Gasteiger partial charge in [0.2, 0.25) is 0 Å². The molecule has 3 unspecified atom stereocenters. The zero-order valence-electron chi connectivity index (χ0n) is 14.9. The Labute approximate surface area is 160 Å². The first kappa shape index (κ1) is 21.9. The first-order chi connectivity index (χ1) is 12.8. The highest BCUT2D eigenvalue weighted by atomic mass is 32.1. The minimum Gasteiger partial charge on any atom is -0.475 e. The van der Waals surface area contributed by atoms with Crippen LogP contribution in [0.15, 0.2) is 30.2 Å². The monoisotopic (exact) mass is 407 g/mol. The van der Waals surface area contributed by atoms with Gasteiger partial charge in [0.1, 0.15) is 0 Å². The predicted octanol–water partition coefficient (Wildman–Crippen LogP) is 3.56. The zero-order chi connectivity index (χ0) is 19.9. The van der Waals surface area contributed by atoms with Crippen molar-refractivity contribution in [1.29, 1.82) is 0 Å². The number of nitrogens with zero attached hydrogens (tertiary/aromatic N) is 1. The lowest BCUT2D eigenvalue weighted by Gasteiger charge is -2.39. The average Bonchev–Trinajstić information content (AvgIpc) is 3.25. The maximum absolute atomic E-state index is 10.6. The van der Waals surface area contributed by atoms with Gasteiger partial charge < -0.3 is 14.6 Å². The van der Waals surface area contributed by atoms with Crippen LogP contribution in [0, 0.1) is 5.92 Å². The van der Waals surface area contributed by atoms with E-state index in [4.69, 9.17) is 19.4 Å². The molecule has 152 valence electrons. The number of aliphatic carboxylic acids is 1. The summed E-state index contributed by atoms with van der Waals surface area (Å²) < 4.78 is 43.4. The molecule has 0 bridgehead atoms. The Morgan fingerprint density at radius 1 is 1.48 bits per heavy atom. The van der Waals surface area contributed by atoms with Crippen LogP contribution >= 0.6 is 11.3 Å². The molecular weight excluding hydrogens is 383 g/mol. The number of halogens is 3. The summed E-state index contributed by atoms with van der Waals surface area (Å²) >= 11 is 1.85. The highest BCUT2D eigenvalue weighted by Gasteiger charge is 2.42. The standard InChI is InChI=1S/C16H23NO2S.C2HF3O2/c1-2-8-18-12-13-5-6-15-16(13)19-9-7-17(15)11-14-4-3-10-20-14;3-2(4,5)1(6)7/h2-4,10,13,15-16H,1,5-9,11-12H2;(H,6,7). The lowest BCUT2D eigenvalue weighted by Crippen LogP contribution is -2.50. The van der Waals surface area contributed by atoms with Crippen molar-refractivity contribution in [3.8, 4) is 0 Å². The third-order valence-corrected chi connectivity index (χ3v) is 5.45. The fraction of sp³-hybridized carbons (Fsp3) is 0.611. The Hall–Kier alpha value is -1.42. The van der Waals surface area contributed by atoms with Crippen molar-refractivity contribution in [3.63, 3.8) is 0 Å². The van der Waals surface area contributed by atoms with Gasteiger partial charge in [-0.25, -0.2) is 4.79 Å². The Morgan fingerprint density at radius 2 is 2.22 bits per heavy atom. The third kappa shape index (κ3) is 6.60. The number of morpholine rings is 1. The van der Waals surface area contributed by atoms with Crippen LogP contribution < -0.4 is 0 Å². The molecule has 0 aromatic carbocycles. The van der Waals surface area contributed by atoms with E-state index in [1.54, 1.807) is 0 Å². The fourth-order valence-corrected chi connectivity index (χ4v) is 4.15. The SMILES string of the molecule is C=CCOCC1CCC2C1OCCN2Cc1cccs1.O=C(O)C(F)(F)F. The van der Waals surface area contributed by atoms with Gasteiger partial charge in [-0.05, 0) is 24.3 Å². The van der Waals surface area contributed by atoms with E-state index in [1.165, 1.54) is 17.7 Å². The second-order valence-electron chi connectivity index (χ2n) is 6.42. The minimum atomic E-state index is -5.08. The predicted molar refractivity (Wildman–Crippen MR) is 95.7 cm³/mol. The van der Waals surface area contributed by atoms with E-state index in [-0.39, 0.29) is 0 Å². The van der Waals surface area contributed by atoms with Crippen molar-refractivity contribution in [1.82, 2.24) is 4.90 Å². The summed E-state index contributed by atoms with van der Waals surface area (Å²) in [5, 5.41) is 9.29. The van der Waals surface area contributed by atoms with Gasteiger partial charge >= 0.3 is 12.1 Å². The van der Waals surface area contributed by atoms with Crippen LogP contribution in [0.1, 0.15) is 17.7 Å². The van der Waals surface area contributed by atoms with Gasteiger partial charge in [0.05, 0.1) is 25.9 Å². The number of alkyl halides is 3. The first-order valence-electron chi connectivity index (χ1n) is 8.69. The Balaban J connectivity index is 0.000000321. The Morgan fingerprint density at radius 3 is 2.81 bits per heavy atom. The third-order valence-electron chi connectivity index (χ3n) is 4.58. The highest BCUT2D eigenvalue weighted by molar-refractivity contribution is 7.09. The lowest BCUT2D eigenvalue weighted by molar-refractivity contribution is -0.192. The zero-order valence-corrected chi connectivity index (χ0v) is 15.7. The molecule has 1 aliphatic carbocycles. The molecule has 0 spiro atoms. The van der Waals surface area contributed by atoms with Crippen molar-refractivity contribution >= 4 is 17.3 Å². The Bertz CT molecular complexity index is 594. The maximum Gasteiger partial charge on any atom is 0.490 e. The van der Waals surface area contributed by atoms with Crippen LogP contribution in [0.4, 0.5) is 13.2 Å². The van der Waals surface area contributed by atoms with E-state index < -0.39 is 12.1 Å². The largest absolute Gasteiger partial charge is 0.490 e. The summed E-state index contributed by atoms with van der Waals surface area (Å²) in [6.07, 6.45) is -0.462. The summed E-state index contributed by atoms with van der Waals surface area (Å²) in [6.45, 7) is 8.13. The van der Waals surface area contributed by atoms with Crippen LogP contribution in [-0.4, -0.2) is 60.7 Å². The quantitative estimate of drug-likeness (QED) is 0.577. The van der Waals surface area contributed by atoms with Crippen LogP contribution in [0.25, 0.3) is 0 Å². The summed E-state index contributed by atoms with van der Waals surface area (Å²) in [5.74, 6) is -2.21. The highest BCUT2D eigenvalue weighted by Crippen LogP contribution is 2.35. The second-order valence-corrected chi connectivity index (χ2v) is 7.45. The molecule has 0 radical (unpaired) electrons. The molecule has 1 aromatic rings. The Kier molecular flexibility index (Phi) is 8.28. The molecule has 5 nitrogen and oxygen atoms in total. The molecule has 1 aliphatic heterocycles. The van der Waals surface area contributed by atoms with Crippen LogP contribution in [0.2, 0.25) is 0 Å². The summed E-state index contributed by atoms with van der Waals surface area (Å²) in [4.78, 5) is 13.0. The normalized spacial score (nSPS) is 25.4. The maximum atomic E-state index is 10.6. The van der Waals surface area contributed by atoms with Crippen LogP contribution in [0.3, 0.4) is 0 Å². The molecule has 2 aliphatic rings. The smallest absolute Gasteiger partial charge is 0.475 e. The number of ether oxygens (including phenoxy) is 2. The molecule has 0 amide bonds. The summed E-state index contributed by atoms with van der Waals surface area (Å²) in [6, 6.07) is 4.94. The van der Waals surface area contributed by atoms with Gasteiger partial charge in [0, 0.05) is 29.9 Å². The van der Waals surface area contributed by atoms with Gasteiger partial charge in [-0.1, -0.05) is 12.1 Å². The van der Waals surface area contributed by atoms with E-state index in [1.807, 2.05) is 17.4 Å². The van der Waals surface area contributed by atoms with Crippen LogP contribution in [-0.2, 0) is 20.8 Å².